The number of hydrogen-bond donors (Lipinski definition) is 0. The highest BCUT2D eigenvalue weighted by Gasteiger charge is 2.48. The molecule has 1 heterocycles. The lowest BCUT2D eigenvalue weighted by molar-refractivity contribution is -0.181. The van der Waals surface area contributed by atoms with E-state index >= 15 is 0 Å². The first-order valence-corrected chi connectivity index (χ1v) is 3.61. The molecule has 4 heteroatoms. The molecule has 0 aliphatic carbocycles. The van der Waals surface area contributed by atoms with Crippen molar-refractivity contribution in [3.63, 3.8) is 0 Å². The van der Waals surface area contributed by atoms with E-state index in [4.69, 9.17) is 4.74 Å². The van der Waals surface area contributed by atoms with Gasteiger partial charge in [0.1, 0.15) is 0 Å². The fraction of sp³-hybridized carbons (Fsp3) is 1.00. The third-order valence-electron chi connectivity index (χ3n) is 2.33. The summed E-state index contributed by atoms with van der Waals surface area (Å²) in [5.41, 5.74) is 0. The number of halogens is 3. The highest BCUT2D eigenvalue weighted by atomic mass is 19.4. The van der Waals surface area contributed by atoms with Gasteiger partial charge in [-0.3, -0.25) is 0 Å². The highest BCUT2D eigenvalue weighted by molar-refractivity contribution is 4.82. The predicted molar refractivity (Wildman–Crippen MR) is 34.1 cm³/mol. The second-order valence-corrected chi connectivity index (χ2v) is 3.05. The minimum absolute atomic E-state index is 0.175. The molecule has 1 aliphatic heterocycles. The molecule has 3 atom stereocenters. The molecule has 1 nitrogen and oxygen atoms in total. The van der Waals surface area contributed by atoms with Crippen LogP contribution in [-0.4, -0.2) is 18.9 Å². The van der Waals surface area contributed by atoms with Crippen LogP contribution in [-0.2, 0) is 4.74 Å². The molecule has 0 N–H and O–H groups in total. The number of hydrogen-bond acceptors (Lipinski definition) is 1. The molecule has 0 aromatic heterocycles. The zero-order chi connectivity index (χ0) is 8.65. The Balaban J connectivity index is 2.62. The average molecular weight is 168 g/mol. The molecule has 66 valence electrons. The Bertz CT molecular complexity index is 143. The van der Waals surface area contributed by atoms with Crippen LogP contribution in [0.1, 0.15) is 13.8 Å². The molecular formula is C7H11F3O. The van der Waals surface area contributed by atoms with Crippen LogP contribution in [0.4, 0.5) is 13.2 Å². The lowest BCUT2D eigenvalue weighted by Crippen LogP contribution is -2.29. The minimum atomic E-state index is -4.09. The van der Waals surface area contributed by atoms with Gasteiger partial charge in [0.05, 0.1) is 18.6 Å². The molecule has 11 heavy (non-hydrogen) atoms. The first-order valence-electron chi connectivity index (χ1n) is 3.61. The fourth-order valence-electron chi connectivity index (χ4n) is 1.28. The van der Waals surface area contributed by atoms with Gasteiger partial charge >= 0.3 is 6.18 Å². The van der Waals surface area contributed by atoms with E-state index in [0.29, 0.717) is 0 Å². The van der Waals surface area contributed by atoms with Crippen LogP contribution in [0.25, 0.3) is 0 Å². The molecule has 0 amide bonds. The van der Waals surface area contributed by atoms with Crippen LogP contribution >= 0.6 is 0 Å². The van der Waals surface area contributed by atoms with Crippen LogP contribution < -0.4 is 0 Å². The van der Waals surface area contributed by atoms with Crippen LogP contribution in [0, 0.1) is 11.8 Å². The Kier molecular flexibility index (Phi) is 2.14. The van der Waals surface area contributed by atoms with Crippen LogP contribution in [0.3, 0.4) is 0 Å². The summed E-state index contributed by atoms with van der Waals surface area (Å²) in [6.07, 6.45) is -4.36. The maximum absolute atomic E-state index is 12.1. The molecule has 1 aliphatic rings. The van der Waals surface area contributed by atoms with E-state index in [9.17, 15) is 13.2 Å². The topological polar surface area (TPSA) is 9.23 Å². The molecule has 0 bridgehead atoms. The van der Waals surface area contributed by atoms with Gasteiger partial charge in [0.2, 0.25) is 0 Å². The summed E-state index contributed by atoms with van der Waals surface area (Å²) in [4.78, 5) is 0. The van der Waals surface area contributed by atoms with E-state index < -0.39 is 18.0 Å². The average Bonchev–Trinajstić information content (AvgIpc) is 2.11. The van der Waals surface area contributed by atoms with Crippen LogP contribution in [0.2, 0.25) is 0 Å². The standard InChI is InChI=1S/C7H11F3O/c1-4-5(2)11-3-6(4)7(8,9)10/h4-6H,3H2,1-2H3. The van der Waals surface area contributed by atoms with Gasteiger partial charge < -0.3 is 4.74 Å². The normalized spacial score (nSPS) is 39.5. The molecular weight excluding hydrogens is 157 g/mol. The van der Waals surface area contributed by atoms with Crippen molar-refractivity contribution in [3.05, 3.63) is 0 Å². The van der Waals surface area contributed by atoms with Gasteiger partial charge in [-0.2, -0.15) is 13.2 Å². The van der Waals surface area contributed by atoms with E-state index in [2.05, 4.69) is 0 Å². The van der Waals surface area contributed by atoms with Crippen molar-refractivity contribution in [3.8, 4) is 0 Å². The highest BCUT2D eigenvalue weighted by Crippen LogP contribution is 2.38. The first kappa shape index (κ1) is 8.84. The van der Waals surface area contributed by atoms with E-state index in [1.807, 2.05) is 0 Å². The smallest absolute Gasteiger partial charge is 0.378 e. The summed E-state index contributed by atoms with van der Waals surface area (Å²) >= 11 is 0. The molecule has 0 radical (unpaired) electrons. The molecule has 1 rings (SSSR count). The molecule has 0 spiro atoms. The van der Waals surface area contributed by atoms with Gasteiger partial charge in [0, 0.05) is 0 Å². The van der Waals surface area contributed by atoms with Gasteiger partial charge in [0.15, 0.2) is 0 Å². The number of alkyl halides is 3. The molecule has 0 saturated carbocycles. The SMILES string of the molecule is CC1OCC(C(F)(F)F)C1C. The minimum Gasteiger partial charge on any atom is -0.378 e. The molecule has 1 saturated heterocycles. The monoisotopic (exact) mass is 168 g/mol. The molecule has 1 fully saturated rings. The van der Waals surface area contributed by atoms with Crippen molar-refractivity contribution in [1.29, 1.82) is 0 Å². The second kappa shape index (κ2) is 2.66. The summed E-state index contributed by atoms with van der Waals surface area (Å²) in [6, 6.07) is 0. The van der Waals surface area contributed by atoms with Gasteiger partial charge in [-0.25, -0.2) is 0 Å². The predicted octanol–water partition coefficient (Wildman–Crippen LogP) is 2.22. The molecule has 3 unspecified atom stereocenters. The summed E-state index contributed by atoms with van der Waals surface area (Å²) in [5, 5.41) is 0. The van der Waals surface area contributed by atoms with Crippen molar-refractivity contribution in [2.75, 3.05) is 6.61 Å². The maximum atomic E-state index is 12.1. The summed E-state index contributed by atoms with van der Waals surface area (Å²) in [7, 11) is 0. The largest absolute Gasteiger partial charge is 0.394 e. The lowest BCUT2D eigenvalue weighted by atomic mass is 9.93. The number of ether oxygens (including phenoxy) is 1. The summed E-state index contributed by atoms with van der Waals surface area (Å²) in [6.45, 7) is 3.08. The maximum Gasteiger partial charge on any atom is 0.394 e. The first-order chi connectivity index (χ1) is 4.93. The summed E-state index contributed by atoms with van der Waals surface area (Å²) < 4.78 is 41.2. The fourth-order valence-corrected chi connectivity index (χ4v) is 1.28. The van der Waals surface area contributed by atoms with Gasteiger partial charge in [-0.15, -0.1) is 0 Å². The van der Waals surface area contributed by atoms with Crippen molar-refractivity contribution < 1.29 is 17.9 Å². The zero-order valence-electron chi connectivity index (χ0n) is 6.48. The van der Waals surface area contributed by atoms with Crippen molar-refractivity contribution >= 4 is 0 Å². The van der Waals surface area contributed by atoms with E-state index in [1.54, 1.807) is 13.8 Å². The van der Waals surface area contributed by atoms with Crippen molar-refractivity contribution in [1.82, 2.24) is 0 Å². The Morgan fingerprint density at radius 1 is 1.27 bits per heavy atom. The van der Waals surface area contributed by atoms with Crippen LogP contribution in [0.5, 0.6) is 0 Å². The second-order valence-electron chi connectivity index (χ2n) is 3.05. The molecule has 0 aromatic rings. The third-order valence-corrected chi connectivity index (χ3v) is 2.33. The van der Waals surface area contributed by atoms with Crippen molar-refractivity contribution in [2.45, 2.75) is 26.1 Å². The summed E-state index contributed by atoms with van der Waals surface area (Å²) in [5.74, 6) is -1.67. The van der Waals surface area contributed by atoms with E-state index in [-0.39, 0.29) is 12.7 Å². The third kappa shape index (κ3) is 1.67. The van der Waals surface area contributed by atoms with Gasteiger partial charge in [0.25, 0.3) is 0 Å². The molecule has 0 aromatic carbocycles. The Morgan fingerprint density at radius 3 is 2.00 bits per heavy atom. The Morgan fingerprint density at radius 2 is 1.82 bits per heavy atom. The zero-order valence-corrected chi connectivity index (χ0v) is 6.48. The van der Waals surface area contributed by atoms with Crippen molar-refractivity contribution in [2.24, 2.45) is 11.8 Å². The van der Waals surface area contributed by atoms with E-state index in [1.165, 1.54) is 0 Å². The lowest BCUT2D eigenvalue weighted by Gasteiger charge is -2.18. The quantitative estimate of drug-likeness (QED) is 0.539. The van der Waals surface area contributed by atoms with Gasteiger partial charge in [-0.1, -0.05) is 6.92 Å². The van der Waals surface area contributed by atoms with E-state index in [0.717, 1.165) is 0 Å². The Hall–Kier alpha value is -0.250. The van der Waals surface area contributed by atoms with Crippen LogP contribution in [0.15, 0.2) is 0 Å². The van der Waals surface area contributed by atoms with Gasteiger partial charge in [-0.05, 0) is 12.8 Å². The Labute approximate surface area is 63.5 Å². The number of rotatable bonds is 0.